The minimum absolute atomic E-state index is 0.329. The van der Waals surface area contributed by atoms with E-state index in [0.717, 1.165) is 18.1 Å². The van der Waals surface area contributed by atoms with E-state index in [4.69, 9.17) is 0 Å². The number of rotatable bonds is 3. The molecular formula is C21H31NOS. The van der Waals surface area contributed by atoms with E-state index in [2.05, 4.69) is 41.6 Å². The van der Waals surface area contributed by atoms with Crippen molar-refractivity contribution in [2.24, 2.45) is 5.92 Å². The minimum atomic E-state index is -0.783. The van der Waals surface area contributed by atoms with Gasteiger partial charge in [-0.2, -0.15) is 10.2 Å². The van der Waals surface area contributed by atoms with Gasteiger partial charge in [0.25, 0.3) is 0 Å². The molecule has 1 saturated heterocycles. The number of phenols is 1. The molecule has 0 aromatic heterocycles. The number of aromatic hydroxyl groups is 1. The van der Waals surface area contributed by atoms with Crippen molar-refractivity contribution >= 4 is 10.2 Å². The Morgan fingerprint density at radius 2 is 2.17 bits per heavy atom. The molecule has 1 heterocycles. The van der Waals surface area contributed by atoms with Crippen LogP contribution in [0, 0.1) is 5.92 Å². The van der Waals surface area contributed by atoms with Crippen LogP contribution in [0.5, 0.6) is 5.75 Å². The molecule has 132 valence electrons. The van der Waals surface area contributed by atoms with Gasteiger partial charge in [-0.1, -0.05) is 25.0 Å². The van der Waals surface area contributed by atoms with Gasteiger partial charge in [0.2, 0.25) is 0 Å². The molecule has 3 heteroatoms. The third kappa shape index (κ3) is 2.35. The van der Waals surface area contributed by atoms with E-state index in [0.29, 0.717) is 17.2 Å². The first-order valence-electron chi connectivity index (χ1n) is 9.39. The molecule has 0 radical (unpaired) electrons. The molecule has 24 heavy (non-hydrogen) atoms. The number of benzene rings is 1. The molecule has 3 aliphatic rings. The van der Waals surface area contributed by atoms with Gasteiger partial charge in [0.15, 0.2) is 0 Å². The van der Waals surface area contributed by atoms with Crippen molar-refractivity contribution in [1.29, 1.82) is 0 Å². The maximum Gasteiger partial charge on any atom is 0.115 e. The fourth-order valence-electron chi connectivity index (χ4n) is 5.96. The number of phenolic OH excluding ortho intramolecular Hbond substituents is 1. The second-order valence-corrected chi connectivity index (χ2v) is 12.2. The summed E-state index contributed by atoms with van der Waals surface area (Å²) < 4.78 is 2.87. The van der Waals surface area contributed by atoms with Gasteiger partial charge >= 0.3 is 0 Å². The van der Waals surface area contributed by atoms with Gasteiger partial charge in [0, 0.05) is 23.8 Å². The molecule has 2 aliphatic carbocycles. The second-order valence-electron chi connectivity index (χ2n) is 8.45. The van der Waals surface area contributed by atoms with Crippen LogP contribution in [0.25, 0.3) is 0 Å². The molecule has 2 fully saturated rings. The predicted molar refractivity (Wildman–Crippen MR) is 105 cm³/mol. The van der Waals surface area contributed by atoms with E-state index in [1.807, 2.05) is 6.07 Å². The Balaban J connectivity index is 1.80. The predicted octanol–water partition coefficient (Wildman–Crippen LogP) is 4.62. The Morgan fingerprint density at radius 1 is 1.33 bits per heavy atom. The first-order valence-corrected chi connectivity index (χ1v) is 12.0. The fraction of sp³-hybridized carbons (Fsp3) is 0.619. The lowest BCUT2D eigenvalue weighted by Gasteiger charge is -2.63. The van der Waals surface area contributed by atoms with E-state index in [1.54, 1.807) is 0 Å². The van der Waals surface area contributed by atoms with E-state index in [-0.39, 0.29) is 0 Å². The van der Waals surface area contributed by atoms with Crippen LogP contribution in [0.3, 0.4) is 0 Å². The fourth-order valence-corrected chi connectivity index (χ4v) is 8.26. The van der Waals surface area contributed by atoms with Crippen LogP contribution in [0.1, 0.15) is 43.2 Å². The summed E-state index contributed by atoms with van der Waals surface area (Å²) in [6.07, 6.45) is 14.9. The van der Waals surface area contributed by atoms with E-state index < -0.39 is 10.2 Å². The molecule has 3 atom stereocenters. The van der Waals surface area contributed by atoms with Crippen molar-refractivity contribution in [2.45, 2.75) is 50.0 Å². The number of hydrogen-bond donors (Lipinski definition) is 1. The van der Waals surface area contributed by atoms with Gasteiger partial charge in [-0.25, -0.2) is 0 Å². The van der Waals surface area contributed by atoms with Crippen molar-refractivity contribution in [3.05, 3.63) is 42.0 Å². The minimum Gasteiger partial charge on any atom is -0.508 e. The molecule has 1 N–H and O–H groups in total. The largest absolute Gasteiger partial charge is 0.508 e. The van der Waals surface area contributed by atoms with E-state index in [9.17, 15) is 5.11 Å². The van der Waals surface area contributed by atoms with Crippen LogP contribution in [-0.4, -0.2) is 40.3 Å². The number of nitrogens with zero attached hydrogens (tertiary/aromatic N) is 1. The Kier molecular flexibility index (Phi) is 4.00. The summed E-state index contributed by atoms with van der Waals surface area (Å²) in [5.74, 6) is 2.35. The molecule has 2 bridgehead atoms. The lowest BCUT2D eigenvalue weighted by Crippen LogP contribution is -2.61. The quantitative estimate of drug-likeness (QED) is 0.808. The highest BCUT2D eigenvalue weighted by atomic mass is 32.3. The maximum absolute atomic E-state index is 10.1. The van der Waals surface area contributed by atoms with E-state index in [1.165, 1.54) is 49.8 Å². The van der Waals surface area contributed by atoms with Gasteiger partial charge in [-0.15, -0.1) is 6.58 Å². The summed E-state index contributed by atoms with van der Waals surface area (Å²) in [6.45, 7) is 5.23. The van der Waals surface area contributed by atoms with Crippen molar-refractivity contribution in [3.8, 4) is 5.75 Å². The van der Waals surface area contributed by atoms with Crippen LogP contribution < -0.4 is 0 Å². The zero-order chi connectivity index (χ0) is 16.9. The normalized spacial score (nSPS) is 33.4. The molecule has 1 saturated carbocycles. The van der Waals surface area contributed by atoms with Gasteiger partial charge in [0.1, 0.15) is 5.75 Å². The molecule has 0 spiro atoms. The zero-order valence-electron chi connectivity index (χ0n) is 15.1. The summed E-state index contributed by atoms with van der Waals surface area (Å²) in [6, 6.07) is 6.87. The second kappa shape index (κ2) is 5.81. The third-order valence-corrected chi connectivity index (χ3v) is 9.70. The topological polar surface area (TPSA) is 23.5 Å². The smallest absolute Gasteiger partial charge is 0.115 e. The SMILES string of the molecule is C=CCS(C)(C)N1CC[C@]23CCCC[C@H]2[C@H]1Cc1ccc(O)cc13. The Labute approximate surface area is 148 Å². The van der Waals surface area contributed by atoms with Gasteiger partial charge in [-0.05, 0) is 67.4 Å². The zero-order valence-corrected chi connectivity index (χ0v) is 15.9. The highest BCUT2D eigenvalue weighted by Gasteiger charge is 2.55. The van der Waals surface area contributed by atoms with Crippen LogP contribution in [0.4, 0.5) is 0 Å². The van der Waals surface area contributed by atoms with Gasteiger partial charge < -0.3 is 5.11 Å². The van der Waals surface area contributed by atoms with Crippen LogP contribution >= 0.6 is 10.2 Å². The molecule has 4 rings (SSSR count). The van der Waals surface area contributed by atoms with E-state index >= 15 is 0 Å². The van der Waals surface area contributed by atoms with Crippen LogP contribution in [-0.2, 0) is 11.8 Å². The Bertz CT molecular complexity index is 655. The monoisotopic (exact) mass is 345 g/mol. The molecule has 1 aromatic rings. The first kappa shape index (κ1) is 16.5. The average molecular weight is 346 g/mol. The van der Waals surface area contributed by atoms with Crippen molar-refractivity contribution < 1.29 is 5.11 Å². The molecule has 0 unspecified atom stereocenters. The third-order valence-electron chi connectivity index (χ3n) is 6.93. The molecule has 1 aromatic carbocycles. The summed E-state index contributed by atoms with van der Waals surface area (Å²) in [4.78, 5) is 0. The van der Waals surface area contributed by atoms with Gasteiger partial charge in [-0.3, -0.25) is 4.31 Å². The number of piperidine rings is 1. The summed E-state index contributed by atoms with van der Waals surface area (Å²) in [5, 5.41) is 10.1. The highest BCUT2D eigenvalue weighted by molar-refractivity contribution is 8.30. The Morgan fingerprint density at radius 3 is 2.96 bits per heavy atom. The molecule has 2 nitrogen and oxygen atoms in total. The highest BCUT2D eigenvalue weighted by Crippen LogP contribution is 2.61. The number of hydrogen-bond acceptors (Lipinski definition) is 2. The lowest BCUT2D eigenvalue weighted by molar-refractivity contribution is 0.0345. The molecule has 1 aliphatic heterocycles. The van der Waals surface area contributed by atoms with Crippen LogP contribution in [0.2, 0.25) is 0 Å². The van der Waals surface area contributed by atoms with Crippen molar-refractivity contribution in [2.75, 3.05) is 24.8 Å². The standard InChI is InChI=1S/C21H31NOS/c1-4-13-24(2,3)22-12-11-21-10-6-5-7-18(21)20(22)14-16-8-9-17(23)15-19(16)21/h4,8-9,15,18,20,23H,1,5-7,10-14H2,2-3H3/t18-,20+,21+/m0/s1. The molecule has 0 amide bonds. The van der Waals surface area contributed by atoms with Crippen molar-refractivity contribution in [1.82, 2.24) is 4.31 Å². The van der Waals surface area contributed by atoms with Crippen LogP contribution in [0.15, 0.2) is 30.9 Å². The Hall–Kier alpha value is -0.930. The number of fused-ring (bicyclic) bond motifs is 1. The summed E-state index contributed by atoms with van der Waals surface area (Å²) in [7, 11) is -0.783. The maximum atomic E-state index is 10.1. The average Bonchev–Trinajstić information content (AvgIpc) is 2.55. The lowest BCUT2D eigenvalue weighted by atomic mass is 9.53. The summed E-state index contributed by atoms with van der Waals surface area (Å²) in [5.41, 5.74) is 3.31. The first-order chi connectivity index (χ1) is 11.5. The molecular weight excluding hydrogens is 314 g/mol. The van der Waals surface area contributed by atoms with Crippen molar-refractivity contribution in [3.63, 3.8) is 0 Å². The summed E-state index contributed by atoms with van der Waals surface area (Å²) >= 11 is 0. The van der Waals surface area contributed by atoms with Gasteiger partial charge in [0.05, 0.1) is 0 Å².